The number of anilines is 1. The normalized spacial score (nSPS) is 12.1. The number of hydrogen-bond donors (Lipinski definition) is 0. The van der Waals surface area contributed by atoms with Crippen LogP contribution in [0.4, 0.5) is 5.69 Å². The van der Waals surface area contributed by atoms with Gasteiger partial charge in [0.15, 0.2) is 5.82 Å². The van der Waals surface area contributed by atoms with E-state index in [1.807, 2.05) is 35.2 Å². The monoisotopic (exact) mass is 578 g/mol. The van der Waals surface area contributed by atoms with Gasteiger partial charge in [0.1, 0.15) is 17.2 Å². The summed E-state index contributed by atoms with van der Waals surface area (Å²) in [5.74, 6) is -0.0848. The van der Waals surface area contributed by atoms with Crippen LogP contribution < -0.4 is 4.31 Å². The second-order valence-electron chi connectivity index (χ2n) is 9.07. The van der Waals surface area contributed by atoms with Crippen molar-refractivity contribution in [2.75, 3.05) is 17.1 Å². The van der Waals surface area contributed by atoms with Crippen molar-refractivity contribution in [3.63, 3.8) is 0 Å². The molecule has 0 N–H and O–H groups in total. The number of esters is 1. The first-order valence-corrected chi connectivity index (χ1v) is 14.5. The summed E-state index contributed by atoms with van der Waals surface area (Å²) in [6.45, 7) is 4.59. The van der Waals surface area contributed by atoms with Gasteiger partial charge in [-0.1, -0.05) is 23.2 Å². The quantitative estimate of drug-likeness (QED) is 0.196. The number of ether oxygens (including phenoxy) is 1. The van der Waals surface area contributed by atoms with Gasteiger partial charge in [-0.05, 0) is 81.6 Å². The van der Waals surface area contributed by atoms with Crippen molar-refractivity contribution in [1.29, 1.82) is 0 Å². The molecule has 2 heterocycles. The van der Waals surface area contributed by atoms with E-state index in [-0.39, 0.29) is 20.6 Å². The molecule has 194 valence electrons. The van der Waals surface area contributed by atoms with Gasteiger partial charge in [-0.3, -0.25) is 13.7 Å². The first-order valence-electron chi connectivity index (χ1n) is 11.1. The van der Waals surface area contributed by atoms with Crippen LogP contribution in [-0.2, 0) is 19.6 Å². The number of carbonyl (C=O) groups excluding carboxylic acids is 1. The zero-order valence-corrected chi connectivity index (χ0v) is 23.6. The molecule has 0 unspecified atom stereocenters. The first-order chi connectivity index (χ1) is 17.4. The number of rotatable bonds is 7. The number of halogens is 2. The predicted octanol–water partition coefficient (Wildman–Crippen LogP) is 5.99. The standard InChI is InChI=1S/C25H24Cl2N4O4S2/c1-25(2,3)35-24(32)15-31(37(33,34)20-13-17(26)12-18(27)14-20)19-5-6-21-16(11-19)9-10-30(21)22-7-8-23(36-4)29-28-22/h5-14H,15H2,1-4H3. The zero-order chi connectivity index (χ0) is 27.0. The molecule has 0 aliphatic heterocycles. The number of hydrogen-bond acceptors (Lipinski definition) is 7. The van der Waals surface area contributed by atoms with Gasteiger partial charge in [-0.15, -0.1) is 22.0 Å². The van der Waals surface area contributed by atoms with Gasteiger partial charge in [0.05, 0.1) is 16.1 Å². The fourth-order valence-electron chi connectivity index (χ4n) is 3.65. The Bertz CT molecular complexity index is 1550. The number of sulfonamides is 1. The van der Waals surface area contributed by atoms with Crippen molar-refractivity contribution in [1.82, 2.24) is 14.8 Å². The second kappa shape index (κ2) is 10.5. The smallest absolute Gasteiger partial charge is 0.327 e. The van der Waals surface area contributed by atoms with E-state index < -0.39 is 28.1 Å². The van der Waals surface area contributed by atoms with Gasteiger partial charge in [0.25, 0.3) is 10.0 Å². The Balaban J connectivity index is 1.78. The van der Waals surface area contributed by atoms with E-state index in [0.29, 0.717) is 5.82 Å². The molecule has 0 radical (unpaired) electrons. The summed E-state index contributed by atoms with van der Waals surface area (Å²) in [6.07, 6.45) is 3.74. The van der Waals surface area contributed by atoms with Crippen LogP contribution in [0, 0.1) is 0 Å². The molecule has 0 bridgehead atoms. The summed E-state index contributed by atoms with van der Waals surface area (Å²) in [6, 6.07) is 14.6. The minimum Gasteiger partial charge on any atom is -0.459 e. The summed E-state index contributed by atoms with van der Waals surface area (Å²) in [4.78, 5) is 12.6. The minimum atomic E-state index is -4.24. The molecule has 4 rings (SSSR count). The van der Waals surface area contributed by atoms with Crippen LogP contribution in [0.1, 0.15) is 20.8 Å². The van der Waals surface area contributed by atoms with Crippen molar-refractivity contribution in [2.45, 2.75) is 36.3 Å². The fourth-order valence-corrected chi connectivity index (χ4v) is 6.10. The van der Waals surface area contributed by atoms with Crippen LogP contribution in [-0.4, -0.2) is 47.6 Å². The molecule has 0 atom stereocenters. The van der Waals surface area contributed by atoms with E-state index in [0.717, 1.165) is 20.2 Å². The highest BCUT2D eigenvalue weighted by Gasteiger charge is 2.30. The van der Waals surface area contributed by atoms with Gasteiger partial charge in [0.2, 0.25) is 0 Å². The molecule has 2 aromatic heterocycles. The Morgan fingerprint density at radius 3 is 2.32 bits per heavy atom. The number of benzene rings is 2. The molecular formula is C25H24Cl2N4O4S2. The summed E-state index contributed by atoms with van der Waals surface area (Å²) in [5, 5.41) is 10.3. The highest BCUT2D eigenvalue weighted by atomic mass is 35.5. The van der Waals surface area contributed by atoms with E-state index in [2.05, 4.69) is 10.2 Å². The summed E-state index contributed by atoms with van der Waals surface area (Å²) in [5.41, 5.74) is 0.270. The number of fused-ring (bicyclic) bond motifs is 1. The number of nitrogens with zero attached hydrogens (tertiary/aromatic N) is 4. The molecule has 4 aromatic rings. The zero-order valence-electron chi connectivity index (χ0n) is 20.5. The van der Waals surface area contributed by atoms with Gasteiger partial charge in [0, 0.05) is 21.6 Å². The van der Waals surface area contributed by atoms with E-state index in [4.69, 9.17) is 27.9 Å². The van der Waals surface area contributed by atoms with E-state index >= 15 is 0 Å². The average Bonchev–Trinajstić information content (AvgIpc) is 3.24. The lowest BCUT2D eigenvalue weighted by Crippen LogP contribution is -2.39. The lowest BCUT2D eigenvalue weighted by Gasteiger charge is -2.26. The lowest BCUT2D eigenvalue weighted by molar-refractivity contribution is -0.152. The average molecular weight is 580 g/mol. The topological polar surface area (TPSA) is 94.4 Å². The number of thioether (sulfide) groups is 1. The molecule has 0 aliphatic rings. The molecule has 0 spiro atoms. The van der Waals surface area contributed by atoms with Crippen molar-refractivity contribution in [3.8, 4) is 5.82 Å². The van der Waals surface area contributed by atoms with Gasteiger partial charge in [-0.2, -0.15) is 0 Å². The largest absolute Gasteiger partial charge is 0.459 e. The first kappa shape index (κ1) is 27.3. The summed E-state index contributed by atoms with van der Waals surface area (Å²) >= 11 is 13.7. The molecule has 12 heteroatoms. The van der Waals surface area contributed by atoms with Crippen LogP contribution in [0.25, 0.3) is 16.7 Å². The predicted molar refractivity (Wildman–Crippen MR) is 147 cm³/mol. The molecule has 8 nitrogen and oxygen atoms in total. The Kier molecular flexibility index (Phi) is 7.75. The summed E-state index contributed by atoms with van der Waals surface area (Å²) in [7, 11) is -4.24. The Labute approximate surface area is 229 Å². The Morgan fingerprint density at radius 2 is 1.73 bits per heavy atom. The maximum atomic E-state index is 13.7. The molecule has 0 amide bonds. The highest BCUT2D eigenvalue weighted by molar-refractivity contribution is 7.98. The molecule has 0 fully saturated rings. The maximum Gasteiger partial charge on any atom is 0.327 e. The minimum absolute atomic E-state index is 0.143. The highest BCUT2D eigenvalue weighted by Crippen LogP contribution is 2.31. The molecule has 0 aliphatic carbocycles. The third-order valence-electron chi connectivity index (χ3n) is 5.16. The number of carbonyl (C=O) groups is 1. The molecule has 0 saturated carbocycles. The van der Waals surface area contributed by atoms with Gasteiger partial charge < -0.3 is 4.74 Å². The van der Waals surface area contributed by atoms with E-state index in [1.165, 1.54) is 30.0 Å². The molecule has 2 aromatic carbocycles. The van der Waals surface area contributed by atoms with Crippen LogP contribution in [0.5, 0.6) is 0 Å². The Morgan fingerprint density at radius 1 is 1.03 bits per heavy atom. The molecular weight excluding hydrogens is 555 g/mol. The van der Waals surface area contributed by atoms with E-state index in [1.54, 1.807) is 39.0 Å². The maximum absolute atomic E-state index is 13.7. The van der Waals surface area contributed by atoms with Crippen molar-refractivity contribution < 1.29 is 17.9 Å². The second-order valence-corrected chi connectivity index (χ2v) is 12.6. The van der Waals surface area contributed by atoms with Crippen molar-refractivity contribution >= 4 is 67.5 Å². The van der Waals surface area contributed by atoms with Crippen LogP contribution >= 0.6 is 35.0 Å². The Hall–Kier alpha value is -2.79. The SMILES string of the molecule is CSc1ccc(-n2ccc3cc(N(CC(=O)OC(C)(C)C)S(=O)(=O)c4cc(Cl)cc(Cl)c4)ccc32)nn1. The summed E-state index contributed by atoms with van der Waals surface area (Å²) < 4.78 is 35.7. The molecule has 0 saturated heterocycles. The third kappa shape index (κ3) is 6.20. The lowest BCUT2D eigenvalue weighted by atomic mass is 10.2. The van der Waals surface area contributed by atoms with Crippen molar-refractivity contribution in [2.24, 2.45) is 0 Å². The van der Waals surface area contributed by atoms with Gasteiger partial charge in [-0.25, -0.2) is 8.42 Å². The number of aromatic nitrogens is 3. The van der Waals surface area contributed by atoms with Crippen LogP contribution in [0.15, 0.2) is 70.7 Å². The third-order valence-corrected chi connectivity index (χ3v) is 7.98. The van der Waals surface area contributed by atoms with Gasteiger partial charge >= 0.3 is 5.97 Å². The van der Waals surface area contributed by atoms with Crippen LogP contribution in [0.3, 0.4) is 0 Å². The van der Waals surface area contributed by atoms with E-state index in [9.17, 15) is 13.2 Å². The van der Waals surface area contributed by atoms with Crippen molar-refractivity contribution in [3.05, 3.63) is 70.8 Å². The molecule has 37 heavy (non-hydrogen) atoms. The fraction of sp³-hybridized carbons (Fsp3) is 0.240. The van der Waals surface area contributed by atoms with Crippen LogP contribution in [0.2, 0.25) is 10.0 Å².